The third-order valence-electron chi connectivity index (χ3n) is 6.45. The lowest BCUT2D eigenvalue weighted by atomic mass is 9.85. The van der Waals surface area contributed by atoms with Crippen LogP contribution in [0.5, 0.6) is 5.75 Å². The second-order valence-electron chi connectivity index (χ2n) is 9.92. The van der Waals surface area contributed by atoms with Crippen LogP contribution in [0.25, 0.3) is 0 Å². The molecule has 2 fully saturated rings. The van der Waals surface area contributed by atoms with E-state index in [1.165, 1.54) is 17.0 Å². The van der Waals surface area contributed by atoms with Gasteiger partial charge in [0.1, 0.15) is 17.1 Å². The first kappa shape index (κ1) is 25.7. The second kappa shape index (κ2) is 10.7. The normalized spacial score (nSPS) is 17.5. The summed E-state index contributed by atoms with van der Waals surface area (Å²) in [5.74, 6) is 6.11. The highest BCUT2D eigenvalue weighted by atomic mass is 19.1. The SMILES string of the molecule is CC(C)Oc1cccc(CN2CCC3(CC2)C(=O)NC(=O)N3c2cc(F)ccc2C#CCN(C)C)c1. The monoisotopic (exact) mass is 492 g/mol. The van der Waals surface area contributed by atoms with Crippen molar-refractivity contribution in [2.75, 3.05) is 38.6 Å². The summed E-state index contributed by atoms with van der Waals surface area (Å²) in [5.41, 5.74) is 0.905. The van der Waals surface area contributed by atoms with E-state index in [4.69, 9.17) is 4.74 Å². The number of hydrogen-bond donors (Lipinski definition) is 1. The molecule has 2 aliphatic heterocycles. The van der Waals surface area contributed by atoms with E-state index in [0.29, 0.717) is 50.3 Å². The predicted molar refractivity (Wildman–Crippen MR) is 137 cm³/mol. The van der Waals surface area contributed by atoms with Gasteiger partial charge < -0.3 is 4.74 Å². The summed E-state index contributed by atoms with van der Waals surface area (Å²) in [4.78, 5) is 31.7. The van der Waals surface area contributed by atoms with Gasteiger partial charge in [-0.1, -0.05) is 24.0 Å². The smallest absolute Gasteiger partial charge is 0.329 e. The van der Waals surface area contributed by atoms with Gasteiger partial charge in [-0.2, -0.15) is 0 Å². The van der Waals surface area contributed by atoms with Gasteiger partial charge >= 0.3 is 6.03 Å². The van der Waals surface area contributed by atoms with Gasteiger partial charge in [-0.05, 0) is 76.7 Å². The molecule has 0 aliphatic carbocycles. The molecule has 2 aromatic carbocycles. The van der Waals surface area contributed by atoms with Crippen LogP contribution in [0.15, 0.2) is 42.5 Å². The topological polar surface area (TPSA) is 65.1 Å². The molecule has 0 unspecified atom stereocenters. The molecule has 8 heteroatoms. The van der Waals surface area contributed by atoms with E-state index in [1.54, 1.807) is 6.07 Å². The molecular weight excluding hydrogens is 459 g/mol. The Morgan fingerprint density at radius 3 is 2.58 bits per heavy atom. The summed E-state index contributed by atoms with van der Waals surface area (Å²) in [6, 6.07) is 11.7. The first-order chi connectivity index (χ1) is 17.2. The molecule has 7 nitrogen and oxygen atoms in total. The standard InChI is InChI=1S/C28H33FN4O3/c1-20(2)36-24-9-5-7-21(17-24)19-32-15-12-28(13-16-32)26(34)30-27(35)33(28)25-18-23(29)11-10-22(25)8-6-14-31(3)4/h5,7,9-11,17-18,20H,12-16,19H2,1-4H3,(H,30,34,35). The van der Waals surface area contributed by atoms with Gasteiger partial charge in [0.2, 0.25) is 0 Å². The molecule has 0 radical (unpaired) electrons. The summed E-state index contributed by atoms with van der Waals surface area (Å²) in [6.45, 7) is 6.45. The molecule has 0 atom stereocenters. The molecular formula is C28H33FN4O3. The van der Waals surface area contributed by atoms with Crippen molar-refractivity contribution in [1.29, 1.82) is 0 Å². The summed E-state index contributed by atoms with van der Waals surface area (Å²) in [5, 5.41) is 2.47. The average molecular weight is 493 g/mol. The van der Waals surface area contributed by atoms with Crippen LogP contribution in [0.3, 0.4) is 0 Å². The van der Waals surface area contributed by atoms with Crippen molar-refractivity contribution in [3.63, 3.8) is 0 Å². The van der Waals surface area contributed by atoms with Gasteiger partial charge in [0.15, 0.2) is 0 Å². The van der Waals surface area contributed by atoms with Crippen LogP contribution in [0.4, 0.5) is 14.9 Å². The lowest BCUT2D eigenvalue weighted by molar-refractivity contribution is -0.124. The number of benzene rings is 2. The van der Waals surface area contributed by atoms with E-state index in [1.807, 2.05) is 51.0 Å². The molecule has 2 aromatic rings. The first-order valence-electron chi connectivity index (χ1n) is 12.2. The van der Waals surface area contributed by atoms with Crippen molar-refractivity contribution in [1.82, 2.24) is 15.1 Å². The summed E-state index contributed by atoms with van der Waals surface area (Å²) in [6.07, 6.45) is 0.974. The lowest BCUT2D eigenvalue weighted by Crippen LogP contribution is -2.56. The number of nitrogens with one attached hydrogen (secondary N) is 1. The van der Waals surface area contributed by atoms with Crippen LogP contribution in [0.2, 0.25) is 0 Å². The van der Waals surface area contributed by atoms with Crippen molar-refractivity contribution >= 4 is 17.6 Å². The number of ether oxygens (including phenoxy) is 1. The fourth-order valence-corrected chi connectivity index (χ4v) is 4.77. The number of carbonyl (C=O) groups is 2. The molecule has 2 saturated heterocycles. The van der Waals surface area contributed by atoms with Gasteiger partial charge in [-0.3, -0.25) is 24.8 Å². The Hall–Kier alpha value is -3.41. The average Bonchev–Trinajstić information content (AvgIpc) is 3.04. The van der Waals surface area contributed by atoms with Crippen molar-refractivity contribution in [3.8, 4) is 17.6 Å². The van der Waals surface area contributed by atoms with Gasteiger partial charge in [0.05, 0.1) is 18.3 Å². The molecule has 2 heterocycles. The minimum atomic E-state index is -1.07. The van der Waals surface area contributed by atoms with Gasteiger partial charge in [0, 0.05) is 25.2 Å². The quantitative estimate of drug-likeness (QED) is 0.493. The van der Waals surface area contributed by atoms with Crippen LogP contribution in [-0.2, 0) is 11.3 Å². The Labute approximate surface area is 212 Å². The van der Waals surface area contributed by atoms with E-state index < -0.39 is 17.4 Å². The van der Waals surface area contributed by atoms with E-state index in [0.717, 1.165) is 11.3 Å². The van der Waals surface area contributed by atoms with E-state index in [2.05, 4.69) is 28.1 Å². The van der Waals surface area contributed by atoms with Gasteiger partial charge in [-0.15, -0.1) is 0 Å². The fraction of sp³-hybridized carbons (Fsp3) is 0.429. The zero-order chi connectivity index (χ0) is 25.9. The highest BCUT2D eigenvalue weighted by molar-refractivity contribution is 6.17. The number of nitrogens with zero attached hydrogens (tertiary/aromatic N) is 3. The largest absolute Gasteiger partial charge is 0.491 e. The first-order valence-corrected chi connectivity index (χ1v) is 12.2. The molecule has 0 aromatic heterocycles. The summed E-state index contributed by atoms with van der Waals surface area (Å²) in [7, 11) is 3.81. The van der Waals surface area contributed by atoms with Crippen molar-refractivity contribution in [3.05, 3.63) is 59.4 Å². The Morgan fingerprint density at radius 2 is 1.89 bits per heavy atom. The number of hydrogen-bond acceptors (Lipinski definition) is 5. The van der Waals surface area contributed by atoms with Gasteiger partial charge in [-0.25, -0.2) is 9.18 Å². The van der Waals surface area contributed by atoms with Crippen LogP contribution < -0.4 is 15.0 Å². The lowest BCUT2D eigenvalue weighted by Gasteiger charge is -2.42. The number of amides is 3. The molecule has 3 amide bonds. The number of piperidine rings is 1. The number of urea groups is 1. The predicted octanol–water partition coefficient (Wildman–Crippen LogP) is 3.62. The zero-order valence-corrected chi connectivity index (χ0v) is 21.3. The summed E-state index contributed by atoms with van der Waals surface area (Å²) < 4.78 is 20.1. The Kier molecular flexibility index (Phi) is 7.62. The van der Waals surface area contributed by atoms with E-state index in [9.17, 15) is 14.0 Å². The molecule has 0 bridgehead atoms. The maximum Gasteiger partial charge on any atom is 0.329 e. The number of likely N-dealkylation sites (tertiary alicyclic amines) is 1. The second-order valence-corrected chi connectivity index (χ2v) is 9.92. The molecule has 36 heavy (non-hydrogen) atoms. The van der Waals surface area contributed by atoms with Crippen LogP contribution in [-0.4, -0.2) is 67.1 Å². The van der Waals surface area contributed by atoms with Crippen LogP contribution in [0.1, 0.15) is 37.8 Å². The van der Waals surface area contributed by atoms with Crippen LogP contribution >= 0.6 is 0 Å². The van der Waals surface area contributed by atoms with Crippen molar-refractivity contribution in [2.45, 2.75) is 44.9 Å². The maximum atomic E-state index is 14.3. The van der Waals surface area contributed by atoms with Crippen molar-refractivity contribution < 1.29 is 18.7 Å². The maximum absolute atomic E-state index is 14.3. The van der Waals surface area contributed by atoms with E-state index in [-0.39, 0.29) is 12.0 Å². The molecule has 1 spiro atoms. The number of carbonyl (C=O) groups excluding carboxylic acids is 2. The number of imide groups is 1. The summed E-state index contributed by atoms with van der Waals surface area (Å²) >= 11 is 0. The minimum absolute atomic E-state index is 0.0970. The highest BCUT2D eigenvalue weighted by Crippen LogP contribution is 2.39. The number of halogens is 1. The third-order valence-corrected chi connectivity index (χ3v) is 6.45. The zero-order valence-electron chi connectivity index (χ0n) is 21.3. The highest BCUT2D eigenvalue weighted by Gasteiger charge is 2.55. The molecule has 1 N–H and O–H groups in total. The number of anilines is 1. The Balaban J connectivity index is 1.55. The van der Waals surface area contributed by atoms with Crippen molar-refractivity contribution in [2.24, 2.45) is 0 Å². The minimum Gasteiger partial charge on any atom is -0.491 e. The molecule has 2 aliphatic rings. The molecule has 0 saturated carbocycles. The van der Waals surface area contributed by atoms with Crippen LogP contribution in [0, 0.1) is 17.7 Å². The van der Waals surface area contributed by atoms with E-state index >= 15 is 0 Å². The fourth-order valence-electron chi connectivity index (χ4n) is 4.77. The Morgan fingerprint density at radius 1 is 1.14 bits per heavy atom. The Bertz CT molecular complexity index is 1190. The molecule has 190 valence electrons. The molecule has 4 rings (SSSR count). The van der Waals surface area contributed by atoms with Gasteiger partial charge in [0.25, 0.3) is 5.91 Å². The number of rotatable bonds is 6. The third kappa shape index (κ3) is 5.53.